The monoisotopic (exact) mass is 127 g/mol. The lowest BCUT2D eigenvalue weighted by Crippen LogP contribution is -1.84. The molecule has 0 saturated heterocycles. The largest absolute Gasteiger partial charge is 0.390 e. The summed E-state index contributed by atoms with van der Waals surface area (Å²) in [6.45, 7) is -0.000000000000000222. The molecule has 0 unspecified atom stereocenters. The Labute approximate surface area is 53.0 Å². The second-order valence-electron chi connectivity index (χ2n) is 1.83. The molecule has 1 aromatic heterocycles. The van der Waals surface area contributed by atoms with Gasteiger partial charge in [0.1, 0.15) is 0 Å². The molecule has 0 aliphatic heterocycles. The lowest BCUT2D eigenvalue weighted by atomic mass is 10.4. The van der Waals surface area contributed by atoms with E-state index in [1.165, 1.54) is 0 Å². The summed E-state index contributed by atoms with van der Waals surface area (Å²) in [7, 11) is 0. The van der Waals surface area contributed by atoms with Gasteiger partial charge in [0.25, 0.3) is 0 Å². The zero-order valence-electron chi connectivity index (χ0n) is 4.96. The van der Waals surface area contributed by atoms with Crippen LogP contribution in [0.15, 0.2) is 12.1 Å². The van der Waals surface area contributed by atoms with Crippen molar-refractivity contribution in [1.82, 2.24) is 4.98 Å². The van der Waals surface area contributed by atoms with Gasteiger partial charge >= 0.3 is 0 Å². The van der Waals surface area contributed by atoms with Gasteiger partial charge in [-0.15, -0.1) is 0 Å². The highest BCUT2D eigenvalue weighted by molar-refractivity contribution is 5.11. The number of H-pyrrole nitrogens is 1. The molecule has 0 aliphatic carbocycles. The van der Waals surface area contributed by atoms with E-state index >= 15 is 0 Å². The number of aliphatic hydroxyl groups is 2. The fourth-order valence-electron chi connectivity index (χ4n) is 0.675. The zero-order valence-corrected chi connectivity index (χ0v) is 4.96. The summed E-state index contributed by atoms with van der Waals surface area (Å²) in [4.78, 5) is 2.81. The molecule has 9 heavy (non-hydrogen) atoms. The Kier molecular flexibility index (Phi) is 1.87. The van der Waals surface area contributed by atoms with Gasteiger partial charge < -0.3 is 15.2 Å². The Bertz CT molecular complexity index is 164. The molecule has 50 valence electrons. The number of nitrogens with one attached hydrogen (secondary N) is 1. The maximum Gasteiger partial charge on any atom is 0.0830 e. The minimum absolute atomic E-state index is 0. The smallest absolute Gasteiger partial charge is 0.0830 e. The lowest BCUT2D eigenvalue weighted by Gasteiger charge is -1.87. The number of aromatic nitrogens is 1. The van der Waals surface area contributed by atoms with Crippen LogP contribution in [0.5, 0.6) is 0 Å². The minimum Gasteiger partial charge on any atom is -0.390 e. The standard InChI is InChI=1S/C6H9NO2/c8-3-5-1-2-6(4-9)7-5/h1-2,7-9H,3-4H2. The van der Waals surface area contributed by atoms with Crippen molar-refractivity contribution >= 4 is 0 Å². The maximum atomic E-state index is 8.53. The van der Waals surface area contributed by atoms with Gasteiger partial charge in [0.15, 0.2) is 0 Å². The third-order valence-electron chi connectivity index (χ3n) is 1.15. The van der Waals surface area contributed by atoms with Crippen LogP contribution in [-0.4, -0.2) is 15.2 Å². The van der Waals surface area contributed by atoms with Crippen molar-refractivity contribution in [1.29, 1.82) is 0 Å². The highest BCUT2D eigenvalue weighted by Crippen LogP contribution is 2.00. The van der Waals surface area contributed by atoms with E-state index in [0.29, 0.717) is 0 Å². The SMILES string of the molecule is OCc1ccc(CO)[nH]1. The summed E-state index contributed by atoms with van der Waals surface area (Å²) in [5.41, 5.74) is 1.47. The summed E-state index contributed by atoms with van der Waals surface area (Å²) in [5, 5.41) is 17.1. The van der Waals surface area contributed by atoms with Crippen LogP contribution in [0.1, 0.15) is 11.4 Å². The van der Waals surface area contributed by atoms with Gasteiger partial charge in [-0.2, -0.15) is 0 Å². The van der Waals surface area contributed by atoms with Crippen LogP contribution in [0.4, 0.5) is 0 Å². The van der Waals surface area contributed by atoms with Crippen molar-refractivity contribution in [3.05, 3.63) is 23.5 Å². The lowest BCUT2D eigenvalue weighted by molar-refractivity contribution is 0.269. The van der Waals surface area contributed by atoms with Gasteiger partial charge in [-0.05, 0) is 12.1 Å². The molecule has 0 spiro atoms. The van der Waals surface area contributed by atoms with Crippen LogP contribution in [0.25, 0.3) is 0 Å². The van der Waals surface area contributed by atoms with E-state index in [-0.39, 0.29) is 13.2 Å². The van der Waals surface area contributed by atoms with Crippen LogP contribution in [0, 0.1) is 0 Å². The molecular weight excluding hydrogens is 118 g/mol. The minimum atomic E-state index is -0.000000000000000222. The van der Waals surface area contributed by atoms with Crippen molar-refractivity contribution < 1.29 is 10.2 Å². The van der Waals surface area contributed by atoms with Crippen molar-refractivity contribution in [2.45, 2.75) is 13.2 Å². The average molecular weight is 127 g/mol. The first-order chi connectivity index (χ1) is 4.36. The van der Waals surface area contributed by atoms with Gasteiger partial charge in [0, 0.05) is 11.4 Å². The van der Waals surface area contributed by atoms with Gasteiger partial charge in [-0.3, -0.25) is 0 Å². The first-order valence-corrected chi connectivity index (χ1v) is 2.75. The topological polar surface area (TPSA) is 56.2 Å². The van der Waals surface area contributed by atoms with Crippen LogP contribution in [-0.2, 0) is 13.2 Å². The molecular formula is C6H9NO2. The number of hydrogen-bond acceptors (Lipinski definition) is 2. The number of rotatable bonds is 2. The van der Waals surface area contributed by atoms with E-state index < -0.39 is 0 Å². The normalized spacial score (nSPS) is 10.0. The molecule has 0 aromatic carbocycles. The van der Waals surface area contributed by atoms with E-state index in [4.69, 9.17) is 10.2 Å². The molecule has 0 aliphatic rings. The maximum absolute atomic E-state index is 8.53. The third-order valence-corrected chi connectivity index (χ3v) is 1.15. The Morgan fingerprint density at radius 3 is 1.78 bits per heavy atom. The molecule has 3 nitrogen and oxygen atoms in total. The van der Waals surface area contributed by atoms with Crippen LogP contribution in [0.3, 0.4) is 0 Å². The first-order valence-electron chi connectivity index (χ1n) is 2.75. The summed E-state index contributed by atoms with van der Waals surface area (Å²) in [6, 6.07) is 3.48. The fraction of sp³-hybridized carbons (Fsp3) is 0.333. The Morgan fingerprint density at radius 1 is 1.11 bits per heavy atom. The number of aromatic amines is 1. The summed E-state index contributed by atoms with van der Waals surface area (Å²) in [5.74, 6) is 0. The average Bonchev–Trinajstić information content (AvgIpc) is 2.34. The van der Waals surface area contributed by atoms with E-state index in [1.54, 1.807) is 12.1 Å². The van der Waals surface area contributed by atoms with Gasteiger partial charge in [-0.1, -0.05) is 0 Å². The first kappa shape index (κ1) is 6.32. The molecule has 0 atom stereocenters. The second kappa shape index (κ2) is 2.66. The molecule has 0 amide bonds. The summed E-state index contributed by atoms with van der Waals surface area (Å²) < 4.78 is 0. The summed E-state index contributed by atoms with van der Waals surface area (Å²) in [6.07, 6.45) is 0. The zero-order chi connectivity index (χ0) is 6.69. The van der Waals surface area contributed by atoms with Crippen molar-refractivity contribution in [3.63, 3.8) is 0 Å². The number of hydrogen-bond donors (Lipinski definition) is 3. The predicted molar refractivity (Wildman–Crippen MR) is 32.6 cm³/mol. The quantitative estimate of drug-likeness (QED) is 0.523. The highest BCUT2D eigenvalue weighted by Gasteiger charge is 1.93. The second-order valence-corrected chi connectivity index (χ2v) is 1.83. The Hall–Kier alpha value is -0.800. The van der Waals surface area contributed by atoms with Crippen LogP contribution in [0.2, 0.25) is 0 Å². The molecule has 1 heterocycles. The molecule has 0 bridgehead atoms. The van der Waals surface area contributed by atoms with E-state index in [9.17, 15) is 0 Å². The molecule has 0 fully saturated rings. The Balaban J connectivity index is 2.74. The molecule has 0 radical (unpaired) electrons. The van der Waals surface area contributed by atoms with E-state index in [0.717, 1.165) is 11.4 Å². The predicted octanol–water partition coefficient (Wildman–Crippen LogP) is -0.000700. The fourth-order valence-corrected chi connectivity index (χ4v) is 0.675. The van der Waals surface area contributed by atoms with Crippen molar-refractivity contribution in [2.24, 2.45) is 0 Å². The number of aliphatic hydroxyl groups excluding tert-OH is 2. The molecule has 3 heteroatoms. The van der Waals surface area contributed by atoms with Gasteiger partial charge in [0.2, 0.25) is 0 Å². The molecule has 3 N–H and O–H groups in total. The molecule has 1 rings (SSSR count). The van der Waals surface area contributed by atoms with Crippen molar-refractivity contribution in [2.75, 3.05) is 0 Å². The molecule has 1 aromatic rings. The van der Waals surface area contributed by atoms with E-state index in [1.807, 2.05) is 0 Å². The third kappa shape index (κ3) is 1.31. The summed E-state index contributed by atoms with van der Waals surface area (Å²) >= 11 is 0. The van der Waals surface area contributed by atoms with Gasteiger partial charge in [-0.25, -0.2) is 0 Å². The molecule has 0 saturated carbocycles. The highest BCUT2D eigenvalue weighted by atomic mass is 16.3. The van der Waals surface area contributed by atoms with Gasteiger partial charge in [0.05, 0.1) is 13.2 Å². The Morgan fingerprint density at radius 2 is 1.56 bits per heavy atom. The van der Waals surface area contributed by atoms with Crippen LogP contribution < -0.4 is 0 Å². The van der Waals surface area contributed by atoms with Crippen molar-refractivity contribution in [3.8, 4) is 0 Å². The van der Waals surface area contributed by atoms with Crippen LogP contribution >= 0.6 is 0 Å². The van der Waals surface area contributed by atoms with E-state index in [2.05, 4.69) is 4.98 Å².